The molecule has 7 nitrogen and oxygen atoms in total. The second-order valence-corrected chi connectivity index (χ2v) is 11.7. The van der Waals surface area contributed by atoms with Crippen LogP contribution in [0.1, 0.15) is 32.8 Å². The summed E-state index contributed by atoms with van der Waals surface area (Å²) in [5, 5.41) is 4.50. The number of carbonyl (C=O) groups is 1. The Morgan fingerprint density at radius 2 is 1.85 bits per heavy atom. The minimum Gasteiger partial charge on any atom is -0.444 e. The lowest BCUT2D eigenvalue weighted by atomic mass is 10.1. The minimum atomic E-state index is -3.62. The number of ether oxygens (including phenoxy) is 1. The van der Waals surface area contributed by atoms with Crippen molar-refractivity contribution in [2.24, 2.45) is 0 Å². The van der Waals surface area contributed by atoms with Gasteiger partial charge in [-0.15, -0.1) is 0 Å². The van der Waals surface area contributed by atoms with Gasteiger partial charge in [0.15, 0.2) is 9.84 Å². The van der Waals surface area contributed by atoms with Gasteiger partial charge in [-0.1, -0.05) is 36.4 Å². The third kappa shape index (κ3) is 5.44. The molecular formula is C26H31N3O4S. The lowest BCUT2D eigenvalue weighted by molar-refractivity contribution is 0.0509. The number of fused-ring (bicyclic) bond motifs is 1. The number of nitrogens with zero attached hydrogens (tertiary/aromatic N) is 1. The largest absolute Gasteiger partial charge is 0.444 e. The van der Waals surface area contributed by atoms with Crippen LogP contribution >= 0.6 is 0 Å². The smallest absolute Gasteiger partial charge is 0.407 e. The van der Waals surface area contributed by atoms with Gasteiger partial charge in [0.2, 0.25) is 0 Å². The molecular weight excluding hydrogens is 450 g/mol. The van der Waals surface area contributed by atoms with Crippen LogP contribution in [0, 0.1) is 0 Å². The number of benzene rings is 3. The van der Waals surface area contributed by atoms with E-state index >= 15 is 0 Å². The molecule has 0 radical (unpaired) electrons. The van der Waals surface area contributed by atoms with Crippen LogP contribution in [0.25, 0.3) is 10.8 Å². The first-order valence-corrected chi connectivity index (χ1v) is 13.0. The van der Waals surface area contributed by atoms with Gasteiger partial charge in [-0.3, -0.25) is 0 Å². The number of anilines is 2. The van der Waals surface area contributed by atoms with Crippen LogP contribution in [-0.4, -0.2) is 39.2 Å². The third-order valence-electron chi connectivity index (χ3n) is 5.83. The summed E-state index contributed by atoms with van der Waals surface area (Å²) >= 11 is 0. The summed E-state index contributed by atoms with van der Waals surface area (Å²) in [6, 6.07) is 18.2. The van der Waals surface area contributed by atoms with E-state index < -0.39 is 21.5 Å². The predicted molar refractivity (Wildman–Crippen MR) is 136 cm³/mol. The van der Waals surface area contributed by atoms with Crippen molar-refractivity contribution in [3.63, 3.8) is 0 Å². The van der Waals surface area contributed by atoms with E-state index in [1.165, 1.54) is 0 Å². The Balaban J connectivity index is 1.51. The van der Waals surface area contributed by atoms with Crippen LogP contribution in [0.4, 0.5) is 16.2 Å². The van der Waals surface area contributed by atoms with Gasteiger partial charge in [-0.05, 0) is 62.4 Å². The van der Waals surface area contributed by atoms with E-state index in [0.29, 0.717) is 28.1 Å². The molecule has 8 heteroatoms. The molecule has 0 unspecified atom stereocenters. The van der Waals surface area contributed by atoms with Gasteiger partial charge in [0, 0.05) is 29.9 Å². The highest BCUT2D eigenvalue weighted by Gasteiger charge is 2.27. The summed E-state index contributed by atoms with van der Waals surface area (Å²) in [6.07, 6.45) is 0.339. The molecule has 180 valence electrons. The maximum absolute atomic E-state index is 13.4. The molecule has 0 aliphatic carbocycles. The first-order chi connectivity index (χ1) is 16.0. The number of nitrogens with two attached hydrogens (primary N) is 1. The molecule has 1 amide bonds. The molecule has 0 spiro atoms. The van der Waals surface area contributed by atoms with Crippen molar-refractivity contribution in [1.29, 1.82) is 0 Å². The summed E-state index contributed by atoms with van der Waals surface area (Å²) in [5.74, 6) is -0.186. The quantitative estimate of drug-likeness (QED) is 0.520. The Morgan fingerprint density at radius 3 is 2.62 bits per heavy atom. The van der Waals surface area contributed by atoms with Crippen molar-refractivity contribution in [3.8, 4) is 0 Å². The van der Waals surface area contributed by atoms with E-state index in [4.69, 9.17) is 10.5 Å². The summed E-state index contributed by atoms with van der Waals surface area (Å²) in [6.45, 7) is 6.83. The number of rotatable bonds is 5. The van der Waals surface area contributed by atoms with E-state index in [1.807, 2.05) is 63.2 Å². The molecule has 0 bridgehead atoms. The number of alkyl carbamates (subject to hydrolysis) is 1. The first-order valence-electron chi connectivity index (χ1n) is 11.4. The van der Waals surface area contributed by atoms with Gasteiger partial charge >= 0.3 is 6.09 Å². The standard InChI is InChI=1S/C26H31N3O4S/c1-26(2,3)33-25(30)28-20-13-14-29(16-20)21-11-12-23(27)19(15-21)17-34(31,32)24-10-6-8-18-7-4-5-9-22(18)24/h4-12,15,20H,13-14,16-17,27H2,1-3H3,(H,28,30)/t20-/m0/s1. The van der Waals surface area contributed by atoms with Crippen LogP contribution in [0.5, 0.6) is 0 Å². The fourth-order valence-electron chi connectivity index (χ4n) is 4.25. The van der Waals surface area contributed by atoms with Crippen LogP contribution in [0.15, 0.2) is 65.6 Å². The normalized spacial score (nSPS) is 16.6. The van der Waals surface area contributed by atoms with Crippen molar-refractivity contribution in [2.45, 2.75) is 49.5 Å². The molecule has 34 heavy (non-hydrogen) atoms. The third-order valence-corrected chi connectivity index (χ3v) is 7.55. The number of nitrogens with one attached hydrogen (secondary N) is 1. The topological polar surface area (TPSA) is 102 Å². The molecule has 1 fully saturated rings. The molecule has 1 aliphatic rings. The van der Waals surface area contributed by atoms with Gasteiger partial charge < -0.3 is 20.7 Å². The summed E-state index contributed by atoms with van der Waals surface area (Å²) in [4.78, 5) is 14.5. The van der Waals surface area contributed by atoms with Gasteiger partial charge in [0.1, 0.15) is 5.60 Å². The highest BCUT2D eigenvalue weighted by Crippen LogP contribution is 2.30. The summed E-state index contributed by atoms with van der Waals surface area (Å²) in [5.41, 5.74) is 7.51. The van der Waals surface area contributed by atoms with Gasteiger partial charge in [-0.25, -0.2) is 13.2 Å². The van der Waals surface area contributed by atoms with Crippen molar-refractivity contribution in [2.75, 3.05) is 23.7 Å². The van der Waals surface area contributed by atoms with E-state index in [2.05, 4.69) is 10.2 Å². The fraction of sp³-hybridized carbons (Fsp3) is 0.346. The van der Waals surface area contributed by atoms with Crippen LogP contribution in [-0.2, 0) is 20.3 Å². The Kier molecular flexibility index (Phi) is 6.45. The van der Waals surface area contributed by atoms with Crippen molar-refractivity contribution >= 4 is 38.1 Å². The Morgan fingerprint density at radius 1 is 1.12 bits per heavy atom. The molecule has 1 atom stereocenters. The maximum atomic E-state index is 13.4. The average molecular weight is 482 g/mol. The highest BCUT2D eigenvalue weighted by molar-refractivity contribution is 7.90. The minimum absolute atomic E-state index is 0.0460. The SMILES string of the molecule is CC(C)(C)OC(=O)N[C@H]1CCN(c2ccc(N)c(CS(=O)(=O)c3cccc4ccccc34)c2)C1. The molecule has 3 aromatic rings. The van der Waals surface area contributed by atoms with Crippen LogP contribution in [0.3, 0.4) is 0 Å². The lowest BCUT2D eigenvalue weighted by Crippen LogP contribution is -2.40. The van der Waals surface area contributed by atoms with E-state index in [0.717, 1.165) is 24.0 Å². The number of sulfone groups is 1. The predicted octanol–water partition coefficient (Wildman–Crippen LogP) is 4.50. The van der Waals surface area contributed by atoms with Crippen LogP contribution < -0.4 is 16.0 Å². The molecule has 1 saturated heterocycles. The molecule has 0 saturated carbocycles. The first kappa shape index (κ1) is 23.9. The van der Waals surface area contributed by atoms with Gasteiger partial charge in [0.25, 0.3) is 0 Å². The Bertz CT molecular complexity index is 1310. The molecule has 3 aromatic carbocycles. The zero-order valence-corrected chi connectivity index (χ0v) is 20.6. The second-order valence-electron chi connectivity index (χ2n) is 9.70. The number of hydrogen-bond donors (Lipinski definition) is 2. The zero-order valence-electron chi connectivity index (χ0n) is 19.7. The van der Waals surface area contributed by atoms with Crippen LogP contribution in [0.2, 0.25) is 0 Å². The highest BCUT2D eigenvalue weighted by atomic mass is 32.2. The fourth-order valence-corrected chi connectivity index (χ4v) is 5.87. The summed E-state index contributed by atoms with van der Waals surface area (Å²) in [7, 11) is -3.62. The van der Waals surface area contributed by atoms with Crippen molar-refractivity contribution in [3.05, 3.63) is 66.2 Å². The van der Waals surface area contributed by atoms with Crippen molar-refractivity contribution < 1.29 is 17.9 Å². The van der Waals surface area contributed by atoms with Gasteiger partial charge in [-0.2, -0.15) is 0 Å². The average Bonchev–Trinajstić information content (AvgIpc) is 3.21. The summed E-state index contributed by atoms with van der Waals surface area (Å²) < 4.78 is 32.1. The van der Waals surface area contributed by atoms with E-state index in [9.17, 15) is 13.2 Å². The van der Waals surface area contributed by atoms with Gasteiger partial charge in [0.05, 0.1) is 16.7 Å². The molecule has 1 aliphatic heterocycles. The molecule has 4 rings (SSSR count). The number of nitrogen functional groups attached to an aromatic ring is 1. The maximum Gasteiger partial charge on any atom is 0.407 e. The number of hydrogen-bond acceptors (Lipinski definition) is 6. The zero-order chi connectivity index (χ0) is 24.5. The molecule has 1 heterocycles. The number of amides is 1. The van der Waals surface area contributed by atoms with E-state index in [-0.39, 0.29) is 11.8 Å². The van der Waals surface area contributed by atoms with Crippen molar-refractivity contribution in [1.82, 2.24) is 5.32 Å². The lowest BCUT2D eigenvalue weighted by Gasteiger charge is -2.23. The Labute approximate surface area is 200 Å². The molecule has 0 aromatic heterocycles. The van der Waals surface area contributed by atoms with E-state index in [1.54, 1.807) is 18.2 Å². The Hall–Kier alpha value is -3.26. The number of carbonyl (C=O) groups excluding carboxylic acids is 1. The second kappa shape index (κ2) is 9.18. The molecule has 3 N–H and O–H groups in total. The monoisotopic (exact) mass is 481 g/mol.